The van der Waals surface area contributed by atoms with E-state index in [2.05, 4.69) is 5.32 Å². The number of benzene rings is 1. The maximum Gasteiger partial charge on any atom is 0.251 e. The Morgan fingerprint density at radius 3 is 2.25 bits per heavy atom. The highest BCUT2D eigenvalue weighted by atomic mass is 32.2. The monoisotopic (exact) mass is 298 g/mol. The Morgan fingerprint density at radius 1 is 1.20 bits per heavy atom. The van der Waals surface area contributed by atoms with Crippen LogP contribution in [0.3, 0.4) is 0 Å². The van der Waals surface area contributed by atoms with Crippen LogP contribution in [0.2, 0.25) is 0 Å². The van der Waals surface area contributed by atoms with Crippen molar-refractivity contribution in [2.45, 2.75) is 20.3 Å². The molecule has 112 valence electrons. The van der Waals surface area contributed by atoms with Gasteiger partial charge in [0.25, 0.3) is 5.91 Å². The Labute approximate surface area is 121 Å². The lowest BCUT2D eigenvalue weighted by molar-refractivity contribution is 0.0952. The quantitative estimate of drug-likeness (QED) is 0.805. The van der Waals surface area contributed by atoms with Crippen LogP contribution in [0.15, 0.2) is 18.2 Å². The molecular formula is C14H22N2O3S. The van der Waals surface area contributed by atoms with Gasteiger partial charge in [-0.2, -0.15) is 0 Å². The molecule has 0 spiro atoms. The molecule has 0 atom stereocenters. The average Bonchev–Trinajstić information content (AvgIpc) is 2.31. The SMILES string of the molecule is Cc1cc(C)cc(C(=O)NCCCN(C)S(C)(=O)=O)c1. The van der Waals surface area contributed by atoms with Crippen molar-refractivity contribution in [1.29, 1.82) is 0 Å². The van der Waals surface area contributed by atoms with E-state index in [0.717, 1.165) is 11.1 Å². The van der Waals surface area contributed by atoms with Gasteiger partial charge < -0.3 is 5.32 Å². The van der Waals surface area contributed by atoms with E-state index in [1.54, 1.807) is 0 Å². The summed E-state index contributed by atoms with van der Waals surface area (Å²) in [4.78, 5) is 11.9. The Balaban J connectivity index is 2.44. The topological polar surface area (TPSA) is 66.5 Å². The number of carbonyl (C=O) groups is 1. The van der Waals surface area contributed by atoms with Crippen molar-refractivity contribution >= 4 is 15.9 Å². The number of aryl methyl sites for hydroxylation is 2. The normalized spacial score (nSPS) is 11.7. The third-order valence-corrected chi connectivity index (χ3v) is 4.30. The second kappa shape index (κ2) is 6.85. The van der Waals surface area contributed by atoms with Crippen LogP contribution in [0.5, 0.6) is 0 Å². The van der Waals surface area contributed by atoms with E-state index >= 15 is 0 Å². The van der Waals surface area contributed by atoms with Crippen molar-refractivity contribution in [2.24, 2.45) is 0 Å². The molecule has 0 aliphatic heterocycles. The van der Waals surface area contributed by atoms with Crippen LogP contribution in [-0.2, 0) is 10.0 Å². The van der Waals surface area contributed by atoms with E-state index in [-0.39, 0.29) is 5.91 Å². The van der Waals surface area contributed by atoms with E-state index in [1.807, 2.05) is 32.0 Å². The van der Waals surface area contributed by atoms with Crippen molar-refractivity contribution < 1.29 is 13.2 Å². The summed E-state index contributed by atoms with van der Waals surface area (Å²) in [7, 11) is -1.62. The largest absolute Gasteiger partial charge is 0.352 e. The predicted octanol–water partition coefficient (Wildman–Crippen LogP) is 1.31. The second-order valence-corrected chi connectivity index (χ2v) is 7.16. The van der Waals surface area contributed by atoms with Gasteiger partial charge in [0.1, 0.15) is 0 Å². The number of nitrogens with one attached hydrogen (secondary N) is 1. The summed E-state index contributed by atoms with van der Waals surface area (Å²) in [5.74, 6) is -0.126. The maximum absolute atomic E-state index is 11.9. The van der Waals surface area contributed by atoms with Crippen molar-refractivity contribution in [2.75, 3.05) is 26.4 Å². The molecule has 1 aromatic rings. The standard InChI is InChI=1S/C14H22N2O3S/c1-11-8-12(2)10-13(9-11)14(17)15-6-5-7-16(3)20(4,18)19/h8-10H,5-7H2,1-4H3,(H,15,17). The van der Waals surface area contributed by atoms with Gasteiger partial charge in [-0.1, -0.05) is 17.2 Å². The minimum Gasteiger partial charge on any atom is -0.352 e. The number of hydrogen-bond acceptors (Lipinski definition) is 3. The smallest absolute Gasteiger partial charge is 0.251 e. The molecule has 20 heavy (non-hydrogen) atoms. The molecule has 5 nitrogen and oxygen atoms in total. The van der Waals surface area contributed by atoms with Crippen LogP contribution < -0.4 is 5.32 Å². The first-order valence-electron chi connectivity index (χ1n) is 6.48. The third kappa shape index (κ3) is 5.30. The van der Waals surface area contributed by atoms with E-state index in [1.165, 1.54) is 17.6 Å². The first kappa shape index (κ1) is 16.7. The molecule has 0 aliphatic carbocycles. The lowest BCUT2D eigenvalue weighted by Gasteiger charge is -2.14. The molecule has 0 heterocycles. The van der Waals surface area contributed by atoms with Crippen molar-refractivity contribution in [3.8, 4) is 0 Å². The maximum atomic E-state index is 11.9. The van der Waals surface area contributed by atoms with Crippen molar-refractivity contribution in [3.05, 3.63) is 34.9 Å². The third-order valence-electron chi connectivity index (χ3n) is 2.99. The molecular weight excluding hydrogens is 276 g/mol. The fourth-order valence-corrected chi connectivity index (χ4v) is 2.34. The number of carbonyl (C=O) groups excluding carboxylic acids is 1. The van der Waals surface area contributed by atoms with Gasteiger partial charge in [0.2, 0.25) is 10.0 Å². The number of rotatable bonds is 6. The number of nitrogens with zero attached hydrogens (tertiary/aromatic N) is 1. The summed E-state index contributed by atoms with van der Waals surface area (Å²) >= 11 is 0. The molecule has 0 aliphatic rings. The molecule has 1 N–H and O–H groups in total. The van der Waals surface area contributed by atoms with Gasteiger partial charge in [0.05, 0.1) is 6.26 Å². The molecule has 1 rings (SSSR count). The number of amides is 1. The molecule has 0 radical (unpaired) electrons. The fraction of sp³-hybridized carbons (Fsp3) is 0.500. The van der Waals surface area contributed by atoms with E-state index in [0.29, 0.717) is 25.1 Å². The summed E-state index contributed by atoms with van der Waals surface area (Å²) in [6.07, 6.45) is 1.75. The zero-order valence-corrected chi connectivity index (χ0v) is 13.3. The van der Waals surface area contributed by atoms with Gasteiger partial charge in [-0.05, 0) is 32.4 Å². The van der Waals surface area contributed by atoms with Gasteiger partial charge in [-0.3, -0.25) is 4.79 Å². The van der Waals surface area contributed by atoms with Gasteiger partial charge >= 0.3 is 0 Å². The molecule has 0 aromatic heterocycles. The van der Waals surface area contributed by atoms with Crippen LogP contribution in [0.4, 0.5) is 0 Å². The minimum atomic E-state index is -3.15. The highest BCUT2D eigenvalue weighted by molar-refractivity contribution is 7.88. The van der Waals surface area contributed by atoms with E-state index < -0.39 is 10.0 Å². The van der Waals surface area contributed by atoms with E-state index in [4.69, 9.17) is 0 Å². The highest BCUT2D eigenvalue weighted by Gasteiger charge is 2.10. The van der Waals surface area contributed by atoms with Crippen LogP contribution in [-0.4, -0.2) is 45.0 Å². The van der Waals surface area contributed by atoms with Gasteiger partial charge in [-0.15, -0.1) is 0 Å². The zero-order chi connectivity index (χ0) is 15.3. The molecule has 0 bridgehead atoms. The summed E-state index contributed by atoms with van der Waals surface area (Å²) in [5, 5.41) is 2.80. The summed E-state index contributed by atoms with van der Waals surface area (Å²) in [6.45, 7) is 4.74. The van der Waals surface area contributed by atoms with Crippen LogP contribution in [0.1, 0.15) is 27.9 Å². The Hall–Kier alpha value is -1.40. The fourth-order valence-electron chi connectivity index (χ4n) is 1.88. The predicted molar refractivity (Wildman–Crippen MR) is 80.3 cm³/mol. The Bertz CT molecular complexity index is 562. The Morgan fingerprint density at radius 2 is 1.75 bits per heavy atom. The molecule has 0 saturated heterocycles. The van der Waals surface area contributed by atoms with Crippen LogP contribution in [0.25, 0.3) is 0 Å². The van der Waals surface area contributed by atoms with Gasteiger partial charge in [-0.25, -0.2) is 12.7 Å². The van der Waals surface area contributed by atoms with Gasteiger partial charge in [0, 0.05) is 25.7 Å². The lowest BCUT2D eigenvalue weighted by Crippen LogP contribution is -2.31. The molecule has 1 aromatic carbocycles. The molecule has 0 unspecified atom stereocenters. The highest BCUT2D eigenvalue weighted by Crippen LogP contribution is 2.08. The number of hydrogen-bond donors (Lipinski definition) is 1. The van der Waals surface area contributed by atoms with E-state index in [9.17, 15) is 13.2 Å². The van der Waals surface area contributed by atoms with Crippen LogP contribution >= 0.6 is 0 Å². The molecule has 1 amide bonds. The lowest BCUT2D eigenvalue weighted by atomic mass is 10.1. The average molecular weight is 298 g/mol. The van der Waals surface area contributed by atoms with Crippen molar-refractivity contribution in [3.63, 3.8) is 0 Å². The minimum absolute atomic E-state index is 0.126. The molecule has 6 heteroatoms. The van der Waals surface area contributed by atoms with Gasteiger partial charge in [0.15, 0.2) is 0 Å². The second-order valence-electron chi connectivity index (χ2n) is 5.07. The number of sulfonamides is 1. The molecule has 0 fully saturated rings. The zero-order valence-electron chi connectivity index (χ0n) is 12.4. The molecule has 0 saturated carbocycles. The first-order valence-corrected chi connectivity index (χ1v) is 8.33. The first-order chi connectivity index (χ1) is 9.20. The van der Waals surface area contributed by atoms with Crippen LogP contribution in [0, 0.1) is 13.8 Å². The summed E-state index contributed by atoms with van der Waals surface area (Å²) in [5.41, 5.74) is 2.73. The summed E-state index contributed by atoms with van der Waals surface area (Å²) in [6, 6.07) is 5.69. The Kier molecular flexibility index (Phi) is 5.71. The van der Waals surface area contributed by atoms with Crippen molar-refractivity contribution in [1.82, 2.24) is 9.62 Å². The summed E-state index contributed by atoms with van der Waals surface area (Å²) < 4.78 is 23.7.